The van der Waals surface area contributed by atoms with Gasteiger partial charge in [0.15, 0.2) is 5.82 Å². The summed E-state index contributed by atoms with van der Waals surface area (Å²) < 4.78 is 28.4. The van der Waals surface area contributed by atoms with E-state index >= 15 is 4.39 Å². The number of aliphatic hydroxyl groups excluding tert-OH is 1. The van der Waals surface area contributed by atoms with E-state index in [4.69, 9.17) is 26.1 Å². The number of amides is 1. The second-order valence-corrected chi connectivity index (χ2v) is 11.6. The third-order valence-corrected chi connectivity index (χ3v) is 8.42. The second kappa shape index (κ2) is 11.4. The number of imidazole rings is 1. The first-order chi connectivity index (χ1) is 19.5. The molecule has 0 bridgehead atoms. The number of carbonyl (C=O) groups excluding carboxylic acids is 1. The Morgan fingerprint density at radius 1 is 1.29 bits per heavy atom. The van der Waals surface area contributed by atoms with Crippen molar-refractivity contribution in [2.45, 2.75) is 65.1 Å². The number of nitrogens with zero attached hydrogens (tertiary/aromatic N) is 5. The van der Waals surface area contributed by atoms with Crippen LogP contribution in [0.5, 0.6) is 0 Å². The first-order valence-electron chi connectivity index (χ1n) is 13.8. The first kappa shape index (κ1) is 29.1. The van der Waals surface area contributed by atoms with Gasteiger partial charge in [-0.3, -0.25) is 0 Å². The van der Waals surface area contributed by atoms with Crippen molar-refractivity contribution in [3.8, 4) is 11.3 Å². The topological polar surface area (TPSA) is 115 Å². The minimum absolute atomic E-state index is 0.0196. The molecule has 1 amide bonds. The summed E-state index contributed by atoms with van der Waals surface area (Å²) in [7, 11) is 1.36. The smallest absolute Gasteiger partial charge is 0.409 e. The molecule has 5 rings (SSSR count). The molecule has 0 aliphatic carbocycles. The number of methoxy groups -OCH3 is 1. The summed E-state index contributed by atoms with van der Waals surface area (Å²) in [5.41, 5.74) is 2.43. The summed E-state index contributed by atoms with van der Waals surface area (Å²) in [5, 5.41) is 14.4. The van der Waals surface area contributed by atoms with Crippen LogP contribution in [0.2, 0.25) is 5.02 Å². The highest BCUT2D eigenvalue weighted by atomic mass is 35.5. The number of nitrogens with one attached hydrogen (secondary N) is 1. The number of benzene rings is 1. The van der Waals surface area contributed by atoms with Gasteiger partial charge in [-0.15, -0.1) is 0 Å². The molecule has 1 aromatic carbocycles. The number of halogens is 2. The summed E-state index contributed by atoms with van der Waals surface area (Å²) in [5.74, 6) is 0.549. The molecule has 2 N–H and O–H groups in total. The highest BCUT2D eigenvalue weighted by Gasteiger charge is 2.34. The average Bonchev–Trinajstić information content (AvgIpc) is 3.58. The molecule has 0 saturated carbocycles. The molecule has 2 aromatic heterocycles. The van der Waals surface area contributed by atoms with Gasteiger partial charge in [-0.25, -0.2) is 24.1 Å². The van der Waals surface area contributed by atoms with Crippen LogP contribution in [0.15, 0.2) is 29.7 Å². The number of hydrogen-bond donors (Lipinski definition) is 2. The number of aliphatic hydroxyl groups is 1. The van der Waals surface area contributed by atoms with Crippen LogP contribution in [0, 0.1) is 11.7 Å². The maximum atomic E-state index is 15.7. The van der Waals surface area contributed by atoms with E-state index in [-0.39, 0.29) is 52.3 Å². The van der Waals surface area contributed by atoms with E-state index in [0.29, 0.717) is 42.9 Å². The molecule has 2 aliphatic heterocycles. The van der Waals surface area contributed by atoms with Crippen molar-refractivity contribution in [1.29, 1.82) is 0 Å². The van der Waals surface area contributed by atoms with Gasteiger partial charge in [0.1, 0.15) is 17.1 Å². The normalized spacial score (nSPS) is 23.4. The van der Waals surface area contributed by atoms with E-state index < -0.39 is 11.9 Å². The van der Waals surface area contributed by atoms with Crippen LogP contribution in [-0.2, 0) is 9.47 Å². The van der Waals surface area contributed by atoms with Crippen molar-refractivity contribution in [1.82, 2.24) is 24.4 Å². The van der Waals surface area contributed by atoms with Crippen LogP contribution in [0.1, 0.15) is 58.8 Å². The van der Waals surface area contributed by atoms with Gasteiger partial charge in [-0.1, -0.05) is 18.5 Å². The molecule has 41 heavy (non-hydrogen) atoms. The van der Waals surface area contributed by atoms with Gasteiger partial charge >= 0.3 is 6.09 Å². The van der Waals surface area contributed by atoms with E-state index in [1.54, 1.807) is 4.90 Å². The van der Waals surface area contributed by atoms with E-state index in [9.17, 15) is 9.90 Å². The Morgan fingerprint density at radius 3 is 2.76 bits per heavy atom. The number of rotatable bonds is 5. The lowest BCUT2D eigenvalue weighted by atomic mass is 9.94. The highest BCUT2D eigenvalue weighted by Crippen LogP contribution is 2.36. The molecule has 12 heteroatoms. The molecule has 4 atom stereocenters. The summed E-state index contributed by atoms with van der Waals surface area (Å²) in [6.07, 6.45) is 1.68. The summed E-state index contributed by atoms with van der Waals surface area (Å²) in [6.45, 7) is 11.1. The predicted molar refractivity (Wildman–Crippen MR) is 155 cm³/mol. The van der Waals surface area contributed by atoms with Crippen molar-refractivity contribution in [2.75, 3.05) is 32.1 Å². The third kappa shape index (κ3) is 5.44. The summed E-state index contributed by atoms with van der Waals surface area (Å²) >= 11 is 6.55. The van der Waals surface area contributed by atoms with Gasteiger partial charge in [0.05, 0.1) is 48.3 Å². The number of fused-ring (bicyclic) bond motifs is 1. The van der Waals surface area contributed by atoms with Crippen molar-refractivity contribution < 1.29 is 23.8 Å². The highest BCUT2D eigenvalue weighted by molar-refractivity contribution is 6.33. The fourth-order valence-corrected chi connectivity index (χ4v) is 5.85. The molecule has 3 aromatic rings. The molecule has 4 heterocycles. The molecule has 1 unspecified atom stereocenters. The SMILES string of the molecule is COC(=O)N1CC[C@@H](c2nc3c(F)cc(-c4nc(NC5C(O)=C(C)CO[C@@H](C)[C@H]5C)ncc4Cl)cc3n2C(C)C)C1. The van der Waals surface area contributed by atoms with Gasteiger partial charge in [0.2, 0.25) is 5.95 Å². The van der Waals surface area contributed by atoms with Gasteiger partial charge < -0.3 is 29.4 Å². The maximum Gasteiger partial charge on any atom is 0.409 e. The molecular weight excluding hydrogens is 551 g/mol. The minimum Gasteiger partial charge on any atom is -0.510 e. The van der Waals surface area contributed by atoms with Crippen LogP contribution in [0.3, 0.4) is 0 Å². The fourth-order valence-electron chi connectivity index (χ4n) is 5.65. The van der Waals surface area contributed by atoms with E-state index in [2.05, 4.69) is 15.3 Å². The Hall–Kier alpha value is -3.44. The first-order valence-corrected chi connectivity index (χ1v) is 14.2. The van der Waals surface area contributed by atoms with Crippen molar-refractivity contribution >= 4 is 34.7 Å². The third-order valence-electron chi connectivity index (χ3n) is 8.14. The van der Waals surface area contributed by atoms with E-state index in [0.717, 1.165) is 11.4 Å². The van der Waals surface area contributed by atoms with Crippen LogP contribution in [0.25, 0.3) is 22.3 Å². The standard InChI is InChI=1S/C29H36ClFN6O4/c1-14(2)37-22-10-19(9-21(31)25(22)33-27(37)18-7-8-36(12-18)29(39)40-6)24-20(30)11-32-28(35-24)34-23-16(4)17(5)41-13-15(3)26(23)38/h9-11,14,16-18,23,38H,7-8,12-13H2,1-6H3,(H,32,34,35)/t16-,17+,18-,23?/m1/s1. The van der Waals surface area contributed by atoms with Crippen molar-refractivity contribution in [3.05, 3.63) is 46.3 Å². The molecule has 0 spiro atoms. The zero-order chi connectivity index (χ0) is 29.6. The number of aromatic nitrogens is 4. The predicted octanol–water partition coefficient (Wildman–Crippen LogP) is 6.09. The number of ether oxygens (including phenoxy) is 2. The number of carbonyl (C=O) groups is 1. The largest absolute Gasteiger partial charge is 0.510 e. The van der Waals surface area contributed by atoms with Gasteiger partial charge in [0.25, 0.3) is 0 Å². The maximum absolute atomic E-state index is 15.7. The zero-order valence-corrected chi connectivity index (χ0v) is 24.9. The monoisotopic (exact) mass is 586 g/mol. The number of anilines is 1. The Bertz CT molecular complexity index is 1510. The molecule has 10 nitrogen and oxygen atoms in total. The Labute approximate surface area is 243 Å². The van der Waals surface area contributed by atoms with Gasteiger partial charge in [-0.05, 0) is 51.8 Å². The van der Waals surface area contributed by atoms with Crippen LogP contribution >= 0.6 is 11.6 Å². The average molecular weight is 587 g/mol. The van der Waals surface area contributed by atoms with Crippen LogP contribution in [-0.4, -0.2) is 74.6 Å². The van der Waals surface area contributed by atoms with Crippen LogP contribution < -0.4 is 5.32 Å². The molecular formula is C29H36ClFN6O4. The summed E-state index contributed by atoms with van der Waals surface area (Å²) in [4.78, 5) is 27.4. The lowest BCUT2D eigenvalue weighted by molar-refractivity contribution is 0.0479. The molecule has 1 saturated heterocycles. The lowest BCUT2D eigenvalue weighted by Gasteiger charge is -2.27. The Kier molecular flexibility index (Phi) is 8.11. The molecule has 220 valence electrons. The molecule has 1 fully saturated rings. The second-order valence-electron chi connectivity index (χ2n) is 11.2. The number of likely N-dealkylation sites (tertiary alicyclic amines) is 1. The lowest BCUT2D eigenvalue weighted by Crippen LogP contribution is -2.35. The van der Waals surface area contributed by atoms with Gasteiger partial charge in [0, 0.05) is 36.5 Å². The molecule has 0 radical (unpaired) electrons. The van der Waals surface area contributed by atoms with E-state index in [1.165, 1.54) is 19.4 Å². The fraction of sp³-hybridized carbons (Fsp3) is 0.517. The minimum atomic E-state index is -0.496. The van der Waals surface area contributed by atoms with Crippen LogP contribution in [0.4, 0.5) is 15.1 Å². The quantitative estimate of drug-likeness (QED) is 0.369. The summed E-state index contributed by atoms with van der Waals surface area (Å²) in [6, 6.07) is 2.73. The van der Waals surface area contributed by atoms with Gasteiger partial charge in [-0.2, -0.15) is 0 Å². The molecule has 2 aliphatic rings. The van der Waals surface area contributed by atoms with Crippen molar-refractivity contribution in [2.24, 2.45) is 5.92 Å². The Morgan fingerprint density at radius 2 is 2.05 bits per heavy atom. The zero-order valence-electron chi connectivity index (χ0n) is 24.1. The van der Waals surface area contributed by atoms with Crippen molar-refractivity contribution in [3.63, 3.8) is 0 Å². The Balaban J connectivity index is 1.54. The number of hydrogen-bond acceptors (Lipinski definition) is 8. The van der Waals surface area contributed by atoms with E-state index in [1.807, 2.05) is 45.3 Å².